The Hall–Kier alpha value is -1.39. The zero-order chi connectivity index (χ0) is 13.8. The molecule has 0 bridgehead atoms. The van der Waals surface area contributed by atoms with E-state index in [1.54, 1.807) is 0 Å². The lowest BCUT2D eigenvalue weighted by atomic mass is 9.87. The predicted octanol–water partition coefficient (Wildman–Crippen LogP) is 1.21. The second kappa shape index (κ2) is 5.98. The molecule has 0 saturated heterocycles. The number of nitrogens with one attached hydrogen (secondary N) is 1. The number of benzene rings is 1. The molecule has 0 heterocycles. The molecule has 1 unspecified atom stereocenters. The van der Waals surface area contributed by atoms with Crippen LogP contribution in [0.2, 0.25) is 0 Å². The Bertz CT molecular complexity index is 385. The zero-order valence-corrected chi connectivity index (χ0v) is 11.2. The zero-order valence-electron chi connectivity index (χ0n) is 11.2. The second-order valence-electron chi connectivity index (χ2n) is 5.52. The number of carbonyl (C=O) groups is 1. The summed E-state index contributed by atoms with van der Waals surface area (Å²) in [6.45, 7) is 5.90. The fraction of sp³-hybridized carbons (Fsp3) is 0.500. The third-order valence-corrected chi connectivity index (χ3v) is 2.87. The molecule has 1 aromatic rings. The van der Waals surface area contributed by atoms with Gasteiger partial charge in [0, 0.05) is 6.54 Å². The number of hydrogen-bond donors (Lipinski definition) is 3. The maximum Gasteiger partial charge on any atom is 0.237 e. The summed E-state index contributed by atoms with van der Waals surface area (Å²) in [5.41, 5.74) is 6.32. The van der Waals surface area contributed by atoms with Crippen LogP contribution in [0.3, 0.4) is 0 Å². The van der Waals surface area contributed by atoms with E-state index in [1.807, 2.05) is 51.1 Å². The molecular weight excluding hydrogens is 228 g/mol. The van der Waals surface area contributed by atoms with Crippen molar-refractivity contribution in [3.05, 3.63) is 35.9 Å². The van der Waals surface area contributed by atoms with E-state index < -0.39 is 12.1 Å². The Morgan fingerprint density at radius 1 is 1.33 bits per heavy atom. The molecule has 100 valence electrons. The van der Waals surface area contributed by atoms with Crippen molar-refractivity contribution in [2.75, 3.05) is 6.54 Å². The summed E-state index contributed by atoms with van der Waals surface area (Å²) in [4.78, 5) is 11.8. The highest BCUT2D eigenvalue weighted by Crippen LogP contribution is 2.17. The van der Waals surface area contributed by atoms with Crippen molar-refractivity contribution in [1.29, 1.82) is 0 Å². The second-order valence-corrected chi connectivity index (χ2v) is 5.52. The van der Waals surface area contributed by atoms with Crippen LogP contribution in [0.25, 0.3) is 0 Å². The highest BCUT2D eigenvalue weighted by Gasteiger charge is 2.27. The molecule has 0 saturated carbocycles. The summed E-state index contributed by atoms with van der Waals surface area (Å²) >= 11 is 0. The lowest BCUT2D eigenvalue weighted by molar-refractivity contribution is -0.125. The van der Waals surface area contributed by atoms with Gasteiger partial charge in [-0.1, -0.05) is 51.1 Å². The molecule has 0 fully saturated rings. The lowest BCUT2D eigenvalue weighted by Crippen LogP contribution is -2.49. The van der Waals surface area contributed by atoms with Gasteiger partial charge < -0.3 is 16.2 Å². The average Bonchev–Trinajstić information content (AvgIpc) is 2.34. The topological polar surface area (TPSA) is 75.4 Å². The largest absolute Gasteiger partial charge is 0.387 e. The monoisotopic (exact) mass is 250 g/mol. The molecule has 4 heteroatoms. The maximum atomic E-state index is 11.8. The van der Waals surface area contributed by atoms with Crippen LogP contribution in [-0.4, -0.2) is 23.6 Å². The van der Waals surface area contributed by atoms with Crippen molar-refractivity contribution in [3.8, 4) is 0 Å². The van der Waals surface area contributed by atoms with Gasteiger partial charge in [0.2, 0.25) is 5.91 Å². The molecule has 4 N–H and O–H groups in total. The molecule has 0 aliphatic rings. The van der Waals surface area contributed by atoms with Crippen LogP contribution in [-0.2, 0) is 4.79 Å². The van der Waals surface area contributed by atoms with Gasteiger partial charge in [-0.3, -0.25) is 4.79 Å². The normalized spacial score (nSPS) is 14.9. The Balaban J connectivity index is 2.49. The number of carbonyl (C=O) groups excluding carboxylic acids is 1. The maximum absolute atomic E-state index is 11.8. The molecule has 0 radical (unpaired) electrons. The fourth-order valence-electron chi connectivity index (χ4n) is 1.49. The Labute approximate surface area is 108 Å². The summed E-state index contributed by atoms with van der Waals surface area (Å²) in [6.07, 6.45) is -0.706. The highest BCUT2D eigenvalue weighted by molar-refractivity contribution is 5.82. The molecule has 4 nitrogen and oxygen atoms in total. The number of rotatable bonds is 4. The van der Waals surface area contributed by atoms with E-state index in [2.05, 4.69) is 5.32 Å². The molecule has 0 aliphatic carbocycles. The molecule has 1 amide bonds. The summed E-state index contributed by atoms with van der Waals surface area (Å²) in [7, 11) is 0. The van der Waals surface area contributed by atoms with E-state index in [0.717, 1.165) is 5.56 Å². The Morgan fingerprint density at radius 3 is 2.39 bits per heavy atom. The van der Waals surface area contributed by atoms with Gasteiger partial charge in [-0.15, -0.1) is 0 Å². The summed E-state index contributed by atoms with van der Waals surface area (Å²) < 4.78 is 0. The van der Waals surface area contributed by atoms with Gasteiger partial charge >= 0.3 is 0 Å². The van der Waals surface area contributed by atoms with Crippen molar-refractivity contribution < 1.29 is 9.90 Å². The van der Waals surface area contributed by atoms with Crippen molar-refractivity contribution in [1.82, 2.24) is 5.32 Å². The first-order valence-corrected chi connectivity index (χ1v) is 6.08. The lowest BCUT2D eigenvalue weighted by Gasteiger charge is -2.26. The van der Waals surface area contributed by atoms with Crippen LogP contribution in [0.5, 0.6) is 0 Å². The Kier molecular flexibility index (Phi) is 4.87. The average molecular weight is 250 g/mol. The predicted molar refractivity (Wildman–Crippen MR) is 71.8 cm³/mol. The van der Waals surface area contributed by atoms with Gasteiger partial charge in [0.25, 0.3) is 0 Å². The van der Waals surface area contributed by atoms with Gasteiger partial charge in [-0.25, -0.2) is 0 Å². The molecule has 1 rings (SSSR count). The summed E-state index contributed by atoms with van der Waals surface area (Å²) in [5, 5.41) is 12.6. The van der Waals surface area contributed by atoms with Crippen LogP contribution in [0, 0.1) is 5.41 Å². The van der Waals surface area contributed by atoms with E-state index in [0.29, 0.717) is 0 Å². The van der Waals surface area contributed by atoms with E-state index >= 15 is 0 Å². The first kappa shape index (κ1) is 14.7. The van der Waals surface area contributed by atoms with Crippen LogP contribution in [0.1, 0.15) is 32.4 Å². The molecule has 18 heavy (non-hydrogen) atoms. The van der Waals surface area contributed by atoms with Crippen LogP contribution in [0.15, 0.2) is 30.3 Å². The molecule has 0 aliphatic heterocycles. The summed E-state index contributed by atoms with van der Waals surface area (Å²) in [6, 6.07) is 8.63. The molecular formula is C14H22N2O2. The molecule has 2 atom stereocenters. The fourth-order valence-corrected chi connectivity index (χ4v) is 1.49. The van der Waals surface area contributed by atoms with Crippen molar-refractivity contribution in [3.63, 3.8) is 0 Å². The van der Waals surface area contributed by atoms with E-state index in [9.17, 15) is 9.90 Å². The van der Waals surface area contributed by atoms with Gasteiger partial charge in [-0.05, 0) is 11.0 Å². The third-order valence-electron chi connectivity index (χ3n) is 2.87. The van der Waals surface area contributed by atoms with Crippen LogP contribution >= 0.6 is 0 Å². The number of aliphatic hydroxyl groups excluding tert-OH is 1. The van der Waals surface area contributed by atoms with Crippen molar-refractivity contribution >= 4 is 5.91 Å². The molecule has 1 aromatic carbocycles. The highest BCUT2D eigenvalue weighted by atomic mass is 16.3. The minimum Gasteiger partial charge on any atom is -0.387 e. The number of aliphatic hydroxyl groups is 1. The number of nitrogens with two attached hydrogens (primary N) is 1. The summed E-state index contributed by atoms with van der Waals surface area (Å²) in [5.74, 6) is -0.238. The minimum atomic E-state index is -0.706. The number of amides is 1. The van der Waals surface area contributed by atoms with E-state index in [1.165, 1.54) is 0 Å². The van der Waals surface area contributed by atoms with E-state index in [-0.39, 0.29) is 17.9 Å². The SMILES string of the molecule is CC(C)(C)[C@@H](N)C(=O)NCC(O)c1ccccc1. The van der Waals surface area contributed by atoms with Gasteiger partial charge in [0.15, 0.2) is 0 Å². The first-order chi connectivity index (χ1) is 8.32. The standard InChI is InChI=1S/C14H22N2O2/c1-14(2,3)12(15)13(18)16-9-11(17)10-7-5-4-6-8-10/h4-8,11-12,17H,9,15H2,1-3H3,(H,16,18)/t11?,12-/m0/s1. The van der Waals surface area contributed by atoms with Crippen molar-refractivity contribution in [2.45, 2.75) is 32.9 Å². The van der Waals surface area contributed by atoms with Crippen LogP contribution < -0.4 is 11.1 Å². The van der Waals surface area contributed by atoms with Crippen molar-refractivity contribution in [2.24, 2.45) is 11.1 Å². The quantitative estimate of drug-likeness (QED) is 0.752. The van der Waals surface area contributed by atoms with Crippen LogP contribution in [0.4, 0.5) is 0 Å². The third kappa shape index (κ3) is 4.13. The first-order valence-electron chi connectivity index (χ1n) is 6.08. The molecule has 0 spiro atoms. The Morgan fingerprint density at radius 2 is 1.89 bits per heavy atom. The minimum absolute atomic E-state index is 0.173. The van der Waals surface area contributed by atoms with E-state index in [4.69, 9.17) is 5.73 Å². The smallest absolute Gasteiger partial charge is 0.237 e. The molecule has 0 aromatic heterocycles. The van der Waals surface area contributed by atoms with Gasteiger partial charge in [-0.2, -0.15) is 0 Å². The van der Waals surface area contributed by atoms with Gasteiger partial charge in [0.05, 0.1) is 12.1 Å². The number of hydrogen-bond acceptors (Lipinski definition) is 3. The van der Waals surface area contributed by atoms with Gasteiger partial charge in [0.1, 0.15) is 0 Å².